The van der Waals surface area contributed by atoms with E-state index in [2.05, 4.69) is 41.3 Å². The van der Waals surface area contributed by atoms with Crippen molar-refractivity contribution in [2.24, 2.45) is 5.41 Å². The maximum atomic E-state index is 12.5. The van der Waals surface area contributed by atoms with Crippen LogP contribution in [0.15, 0.2) is 54.6 Å². The number of carbonyl (C=O) groups is 1. The molecule has 1 aliphatic carbocycles. The van der Waals surface area contributed by atoms with E-state index in [0.29, 0.717) is 0 Å². The van der Waals surface area contributed by atoms with Crippen molar-refractivity contribution in [1.29, 1.82) is 0 Å². The Morgan fingerprint density at radius 1 is 1.12 bits per heavy atom. The van der Waals surface area contributed by atoms with E-state index in [1.807, 2.05) is 18.2 Å². The molecule has 3 nitrogen and oxygen atoms in total. The molecule has 2 aliphatic rings. The van der Waals surface area contributed by atoms with Gasteiger partial charge < -0.3 is 4.74 Å². The number of ether oxygens (including phenoxy) is 1. The first kappa shape index (κ1) is 15.7. The molecule has 24 heavy (non-hydrogen) atoms. The quantitative estimate of drug-likeness (QED) is 0.795. The Balaban J connectivity index is 1.64. The van der Waals surface area contributed by atoms with Gasteiger partial charge in [-0.15, -0.1) is 0 Å². The molecule has 124 valence electrons. The average molecular weight is 342 g/mol. The van der Waals surface area contributed by atoms with Crippen LogP contribution in [0.2, 0.25) is 5.02 Å². The molecule has 0 unspecified atom stereocenters. The molecule has 0 spiro atoms. The highest BCUT2D eigenvalue weighted by molar-refractivity contribution is 6.30. The number of likely N-dealkylation sites (tertiary alicyclic amines) is 1. The van der Waals surface area contributed by atoms with Crippen molar-refractivity contribution in [3.63, 3.8) is 0 Å². The second-order valence-corrected chi connectivity index (χ2v) is 7.41. The van der Waals surface area contributed by atoms with Crippen LogP contribution in [0.1, 0.15) is 17.5 Å². The lowest BCUT2D eigenvalue weighted by Gasteiger charge is -2.21. The van der Waals surface area contributed by atoms with Crippen molar-refractivity contribution >= 4 is 17.6 Å². The first-order chi connectivity index (χ1) is 11.6. The Hall–Kier alpha value is -1.84. The van der Waals surface area contributed by atoms with Gasteiger partial charge in [-0.2, -0.15) is 0 Å². The third-order valence-electron chi connectivity index (χ3n) is 5.60. The van der Waals surface area contributed by atoms with Crippen LogP contribution in [0.25, 0.3) is 0 Å². The van der Waals surface area contributed by atoms with E-state index in [-0.39, 0.29) is 11.4 Å². The maximum absolute atomic E-state index is 12.5. The zero-order chi connectivity index (χ0) is 16.8. The van der Waals surface area contributed by atoms with E-state index in [4.69, 9.17) is 16.3 Å². The highest BCUT2D eigenvalue weighted by Gasteiger charge is 2.77. The van der Waals surface area contributed by atoms with Crippen LogP contribution in [0, 0.1) is 5.41 Å². The van der Waals surface area contributed by atoms with Gasteiger partial charge in [0.05, 0.1) is 12.5 Å². The van der Waals surface area contributed by atoms with Gasteiger partial charge in [-0.25, -0.2) is 0 Å². The molecule has 4 heteroatoms. The van der Waals surface area contributed by atoms with Gasteiger partial charge in [-0.3, -0.25) is 9.69 Å². The summed E-state index contributed by atoms with van der Waals surface area (Å²) < 4.78 is 5.16. The van der Waals surface area contributed by atoms with Crippen LogP contribution >= 0.6 is 11.6 Å². The van der Waals surface area contributed by atoms with Crippen LogP contribution in [0.3, 0.4) is 0 Å². The Morgan fingerprint density at radius 3 is 2.50 bits per heavy atom. The predicted octanol–water partition coefficient (Wildman–Crippen LogP) is 3.66. The standard InChI is InChI=1S/C20H20ClNO2/c1-24-18(23)20-12-19(20,16-7-9-17(21)10-8-16)13-22(14-20)11-15-5-3-2-4-6-15/h2-10H,11-14H2,1H3/t19-,20-/m0/s1. The van der Waals surface area contributed by atoms with Crippen LogP contribution < -0.4 is 0 Å². The van der Waals surface area contributed by atoms with E-state index in [1.165, 1.54) is 18.2 Å². The van der Waals surface area contributed by atoms with Gasteiger partial charge in [0.1, 0.15) is 0 Å². The second-order valence-electron chi connectivity index (χ2n) is 6.97. The van der Waals surface area contributed by atoms with Crippen LogP contribution in [-0.4, -0.2) is 31.1 Å². The highest BCUT2D eigenvalue weighted by atomic mass is 35.5. The summed E-state index contributed by atoms with van der Waals surface area (Å²) in [6, 6.07) is 18.3. The first-order valence-electron chi connectivity index (χ1n) is 8.20. The van der Waals surface area contributed by atoms with Crippen molar-refractivity contribution < 1.29 is 9.53 Å². The van der Waals surface area contributed by atoms with Gasteiger partial charge in [-0.1, -0.05) is 54.1 Å². The number of benzene rings is 2. The number of hydrogen-bond acceptors (Lipinski definition) is 3. The summed E-state index contributed by atoms with van der Waals surface area (Å²) in [7, 11) is 1.49. The largest absolute Gasteiger partial charge is 0.469 e. The lowest BCUT2D eigenvalue weighted by molar-refractivity contribution is -0.147. The summed E-state index contributed by atoms with van der Waals surface area (Å²) in [5.41, 5.74) is 1.90. The fourth-order valence-corrected chi connectivity index (χ4v) is 4.55. The molecule has 1 saturated carbocycles. The SMILES string of the molecule is COC(=O)[C@]12CN(Cc3ccccc3)C[C@]1(c1ccc(Cl)cc1)C2. The number of hydrogen-bond donors (Lipinski definition) is 0. The summed E-state index contributed by atoms with van der Waals surface area (Å²) >= 11 is 6.04. The summed E-state index contributed by atoms with van der Waals surface area (Å²) in [6.45, 7) is 2.48. The van der Waals surface area contributed by atoms with Gasteiger partial charge in [0, 0.05) is 30.1 Å². The Bertz CT molecular complexity index is 761. The molecule has 1 heterocycles. The normalized spacial score (nSPS) is 28.4. The zero-order valence-electron chi connectivity index (χ0n) is 13.7. The Kier molecular flexibility index (Phi) is 3.66. The van der Waals surface area contributed by atoms with Gasteiger partial charge in [-0.05, 0) is 29.7 Å². The third-order valence-corrected chi connectivity index (χ3v) is 5.86. The van der Waals surface area contributed by atoms with Gasteiger partial charge in [0.2, 0.25) is 0 Å². The average Bonchev–Trinajstić information content (AvgIpc) is 3.14. The molecule has 4 rings (SSSR count). The van der Waals surface area contributed by atoms with E-state index in [1.54, 1.807) is 0 Å². The number of fused-ring (bicyclic) bond motifs is 1. The fourth-order valence-electron chi connectivity index (χ4n) is 4.42. The van der Waals surface area contributed by atoms with Gasteiger partial charge >= 0.3 is 5.97 Å². The minimum atomic E-state index is -0.412. The monoisotopic (exact) mass is 341 g/mol. The van der Waals surface area contributed by atoms with Crippen molar-refractivity contribution in [2.45, 2.75) is 18.4 Å². The fraction of sp³-hybridized carbons (Fsp3) is 0.350. The first-order valence-corrected chi connectivity index (χ1v) is 8.58. The van der Waals surface area contributed by atoms with Crippen molar-refractivity contribution in [3.05, 3.63) is 70.7 Å². The molecule has 0 bridgehead atoms. The lowest BCUT2D eigenvalue weighted by atomic mass is 9.89. The summed E-state index contributed by atoms with van der Waals surface area (Å²) in [5.74, 6) is -0.0898. The van der Waals surface area contributed by atoms with Crippen molar-refractivity contribution in [1.82, 2.24) is 4.90 Å². The molecular weight excluding hydrogens is 322 g/mol. The van der Waals surface area contributed by atoms with Crippen molar-refractivity contribution in [2.75, 3.05) is 20.2 Å². The number of nitrogens with zero attached hydrogens (tertiary/aromatic N) is 1. The number of piperidine rings is 1. The maximum Gasteiger partial charge on any atom is 0.314 e. The number of halogens is 1. The molecule has 0 aromatic heterocycles. The summed E-state index contributed by atoms with van der Waals surface area (Å²) in [4.78, 5) is 14.9. The topological polar surface area (TPSA) is 29.5 Å². The minimum Gasteiger partial charge on any atom is -0.469 e. The molecule has 0 amide bonds. The molecule has 2 atom stereocenters. The van der Waals surface area contributed by atoms with Crippen LogP contribution in [0.5, 0.6) is 0 Å². The lowest BCUT2D eigenvalue weighted by Crippen LogP contribution is -2.29. The van der Waals surface area contributed by atoms with E-state index < -0.39 is 5.41 Å². The molecule has 1 aliphatic heterocycles. The summed E-state index contributed by atoms with van der Waals surface area (Å²) in [6.07, 6.45) is 0.861. The van der Waals surface area contributed by atoms with E-state index in [9.17, 15) is 4.79 Å². The molecule has 0 radical (unpaired) electrons. The molecular formula is C20H20ClNO2. The second kappa shape index (κ2) is 5.61. The number of carbonyl (C=O) groups excluding carboxylic acids is 1. The molecule has 2 aromatic carbocycles. The van der Waals surface area contributed by atoms with E-state index in [0.717, 1.165) is 31.1 Å². The van der Waals surface area contributed by atoms with Gasteiger partial charge in [0.25, 0.3) is 0 Å². The molecule has 2 aromatic rings. The number of methoxy groups -OCH3 is 1. The van der Waals surface area contributed by atoms with Crippen LogP contribution in [-0.2, 0) is 21.5 Å². The molecule has 2 fully saturated rings. The molecule has 0 N–H and O–H groups in total. The van der Waals surface area contributed by atoms with Crippen LogP contribution in [0.4, 0.5) is 0 Å². The Labute approximate surface area is 147 Å². The zero-order valence-corrected chi connectivity index (χ0v) is 14.4. The van der Waals surface area contributed by atoms with Crippen molar-refractivity contribution in [3.8, 4) is 0 Å². The number of esters is 1. The number of rotatable bonds is 4. The minimum absolute atomic E-state index is 0.0898. The third kappa shape index (κ3) is 2.27. The highest BCUT2D eigenvalue weighted by Crippen LogP contribution is 2.69. The smallest absolute Gasteiger partial charge is 0.314 e. The summed E-state index contributed by atoms with van der Waals surface area (Å²) in [5, 5.41) is 0.721. The van der Waals surface area contributed by atoms with E-state index >= 15 is 0 Å². The Morgan fingerprint density at radius 2 is 1.83 bits per heavy atom. The van der Waals surface area contributed by atoms with Gasteiger partial charge in [0.15, 0.2) is 0 Å². The molecule has 1 saturated heterocycles. The predicted molar refractivity (Wildman–Crippen MR) is 93.9 cm³/mol.